The van der Waals surface area contributed by atoms with Crippen molar-refractivity contribution >= 4 is 15.5 Å². The van der Waals surface area contributed by atoms with E-state index in [0.29, 0.717) is 12.7 Å². The van der Waals surface area contributed by atoms with Crippen molar-refractivity contribution in [2.45, 2.75) is 108 Å². The number of carbonyl (C=O) groups is 1. The minimum atomic E-state index is -2.09. The molecule has 0 aromatic heterocycles. The second-order valence-electron chi connectivity index (χ2n) is 6.93. The van der Waals surface area contributed by atoms with Gasteiger partial charge in [-0.3, -0.25) is 0 Å². The van der Waals surface area contributed by atoms with Crippen molar-refractivity contribution < 1.29 is 18.3 Å². The van der Waals surface area contributed by atoms with Gasteiger partial charge in [0, 0.05) is 6.08 Å². The number of rotatable bonds is 20. The van der Waals surface area contributed by atoms with Gasteiger partial charge in [0.15, 0.2) is 0 Å². The van der Waals surface area contributed by atoms with Crippen LogP contribution in [0.5, 0.6) is 0 Å². The number of hydrogen-bond acceptors (Lipinski definition) is 2. The molecule has 0 rings (SSSR count). The highest BCUT2D eigenvalue weighted by molar-refractivity contribution is 6.36. The highest BCUT2D eigenvalue weighted by atomic mass is 28.2. The first kappa shape index (κ1) is 25.3. The fourth-order valence-electron chi connectivity index (χ4n) is 2.97. The number of ether oxygens (including phenoxy) is 1. The van der Waals surface area contributed by atoms with Crippen LogP contribution in [0.4, 0.5) is 8.78 Å². The summed E-state index contributed by atoms with van der Waals surface area (Å²) in [6.07, 6.45) is 19.6. The van der Waals surface area contributed by atoms with Crippen molar-refractivity contribution in [1.29, 1.82) is 0 Å². The average molecular weight is 389 g/mol. The van der Waals surface area contributed by atoms with E-state index in [9.17, 15) is 13.6 Å². The van der Waals surface area contributed by atoms with Crippen molar-refractivity contribution in [2.24, 2.45) is 0 Å². The molecule has 5 heteroatoms. The van der Waals surface area contributed by atoms with Crippen LogP contribution in [-0.4, -0.2) is 28.1 Å². The average Bonchev–Trinajstić information content (AvgIpc) is 2.63. The Morgan fingerprint density at radius 1 is 0.769 bits per heavy atom. The zero-order valence-electron chi connectivity index (χ0n) is 16.5. The second-order valence-corrected chi connectivity index (χ2v) is 8.27. The summed E-state index contributed by atoms with van der Waals surface area (Å²) in [5.74, 6) is -0.324. The Hall–Kier alpha value is -0.713. The predicted octanol–water partition coefficient (Wildman–Crippen LogP) is 6.91. The highest BCUT2D eigenvalue weighted by Gasteiger charge is 2.02. The highest BCUT2D eigenvalue weighted by Crippen LogP contribution is 2.14. The van der Waals surface area contributed by atoms with Crippen LogP contribution < -0.4 is 0 Å². The van der Waals surface area contributed by atoms with E-state index in [1.54, 1.807) is 0 Å². The van der Waals surface area contributed by atoms with Crippen molar-refractivity contribution in [1.82, 2.24) is 0 Å². The summed E-state index contributed by atoms with van der Waals surface area (Å²) in [6, 6.07) is -1.38. The second kappa shape index (κ2) is 20.6. The molecule has 0 saturated carbocycles. The zero-order valence-corrected chi connectivity index (χ0v) is 17.5. The molecule has 26 heavy (non-hydrogen) atoms. The maximum atomic E-state index is 12.0. The van der Waals surface area contributed by atoms with Crippen molar-refractivity contribution in [3.8, 4) is 0 Å². The Bertz CT molecular complexity index is 325. The number of hydrogen-bond donors (Lipinski definition) is 0. The Morgan fingerprint density at radius 3 is 1.54 bits per heavy atom. The lowest BCUT2D eigenvalue weighted by Crippen LogP contribution is -2.02. The van der Waals surface area contributed by atoms with E-state index < -0.39 is 6.05 Å². The molecule has 0 fully saturated rings. The van der Waals surface area contributed by atoms with Crippen LogP contribution in [-0.2, 0) is 9.53 Å². The van der Waals surface area contributed by atoms with Gasteiger partial charge in [0.2, 0.25) is 6.05 Å². The SMILES string of the molecule is C=CC(=O)OCCCCCCCCCCCCCCCCC[Si]C(F)F. The largest absolute Gasteiger partial charge is 0.463 e. The van der Waals surface area contributed by atoms with Gasteiger partial charge in [-0.2, -0.15) is 0 Å². The monoisotopic (exact) mass is 388 g/mol. The number of halogens is 2. The molecule has 0 heterocycles. The first-order valence-corrected chi connectivity index (χ1v) is 11.8. The lowest BCUT2D eigenvalue weighted by Gasteiger charge is -2.04. The molecule has 0 aliphatic heterocycles. The molecular formula is C21H38F2O2Si. The molecule has 2 radical (unpaired) electrons. The van der Waals surface area contributed by atoms with Crippen LogP contribution in [0, 0.1) is 0 Å². The third-order valence-corrected chi connectivity index (χ3v) is 5.48. The standard InChI is InChI=1S/C21H38F2O2Si/c1-2-20(24)25-18-16-14-12-10-8-6-4-3-5-7-9-11-13-15-17-19-26-21(22)23/h2,21H,1,3-19H2. The van der Waals surface area contributed by atoms with Crippen LogP contribution >= 0.6 is 0 Å². The summed E-state index contributed by atoms with van der Waals surface area (Å²) >= 11 is 0. The van der Waals surface area contributed by atoms with Crippen LogP contribution in [0.3, 0.4) is 0 Å². The number of carbonyl (C=O) groups excluding carboxylic acids is 1. The summed E-state index contributed by atoms with van der Waals surface area (Å²) in [6.45, 7) is 3.88. The first-order valence-electron chi connectivity index (χ1n) is 10.5. The molecule has 0 aromatic rings. The quantitative estimate of drug-likeness (QED) is 0.0980. The molecule has 0 bridgehead atoms. The molecule has 0 aliphatic rings. The molecular weight excluding hydrogens is 350 g/mol. The fourth-order valence-corrected chi connectivity index (χ4v) is 3.64. The van der Waals surface area contributed by atoms with E-state index in [1.165, 1.54) is 76.7 Å². The molecule has 0 atom stereocenters. The van der Waals surface area contributed by atoms with Gasteiger partial charge in [0.1, 0.15) is 9.52 Å². The summed E-state index contributed by atoms with van der Waals surface area (Å²) in [4.78, 5) is 10.8. The van der Waals surface area contributed by atoms with Crippen molar-refractivity contribution in [3.05, 3.63) is 12.7 Å². The number of unbranched alkanes of at least 4 members (excludes halogenated alkanes) is 14. The molecule has 0 saturated heterocycles. The fraction of sp³-hybridized carbons (Fsp3) is 0.857. The van der Waals surface area contributed by atoms with Crippen LogP contribution in [0.15, 0.2) is 12.7 Å². The summed E-state index contributed by atoms with van der Waals surface area (Å²) in [5, 5.41) is 0. The maximum Gasteiger partial charge on any atom is 0.330 e. The molecule has 0 amide bonds. The Labute approximate surface area is 162 Å². The van der Waals surface area contributed by atoms with Crippen molar-refractivity contribution in [3.63, 3.8) is 0 Å². The van der Waals surface area contributed by atoms with Crippen molar-refractivity contribution in [2.75, 3.05) is 6.61 Å². The molecule has 0 aromatic carbocycles. The predicted molar refractivity (Wildman–Crippen MR) is 107 cm³/mol. The molecule has 0 unspecified atom stereocenters. The van der Waals surface area contributed by atoms with Gasteiger partial charge in [-0.05, 0) is 6.42 Å². The smallest absolute Gasteiger partial charge is 0.330 e. The van der Waals surface area contributed by atoms with Gasteiger partial charge in [-0.1, -0.05) is 103 Å². The van der Waals surface area contributed by atoms with Crippen LogP contribution in [0.25, 0.3) is 0 Å². The Morgan fingerprint density at radius 2 is 1.15 bits per heavy atom. The summed E-state index contributed by atoms with van der Waals surface area (Å²) < 4.78 is 28.9. The lowest BCUT2D eigenvalue weighted by molar-refractivity contribution is -0.137. The minimum Gasteiger partial charge on any atom is -0.463 e. The van der Waals surface area contributed by atoms with Gasteiger partial charge in [-0.15, -0.1) is 0 Å². The topological polar surface area (TPSA) is 26.3 Å². The molecule has 0 aliphatic carbocycles. The van der Waals surface area contributed by atoms with E-state index in [-0.39, 0.29) is 15.5 Å². The molecule has 152 valence electrons. The van der Waals surface area contributed by atoms with Gasteiger partial charge in [0.25, 0.3) is 0 Å². The lowest BCUT2D eigenvalue weighted by atomic mass is 10.0. The normalized spacial score (nSPS) is 11.0. The van der Waals surface area contributed by atoms with Gasteiger partial charge in [0.05, 0.1) is 6.61 Å². The number of alkyl halides is 2. The third-order valence-electron chi connectivity index (χ3n) is 4.53. The summed E-state index contributed by atoms with van der Waals surface area (Å²) in [7, 11) is -0.156. The summed E-state index contributed by atoms with van der Waals surface area (Å²) in [5.41, 5.74) is 0. The zero-order chi connectivity index (χ0) is 19.3. The Kier molecular flexibility index (Phi) is 20.0. The van der Waals surface area contributed by atoms with E-state index in [2.05, 4.69) is 6.58 Å². The number of esters is 1. The van der Waals surface area contributed by atoms with Gasteiger partial charge in [-0.25, -0.2) is 13.6 Å². The maximum absolute atomic E-state index is 12.0. The van der Waals surface area contributed by atoms with Crippen LogP contribution in [0.1, 0.15) is 96.3 Å². The van der Waals surface area contributed by atoms with Gasteiger partial charge >= 0.3 is 5.97 Å². The third kappa shape index (κ3) is 21.3. The first-order chi connectivity index (χ1) is 12.7. The van der Waals surface area contributed by atoms with E-state index in [1.807, 2.05) is 0 Å². The van der Waals surface area contributed by atoms with Crippen LogP contribution in [0.2, 0.25) is 6.04 Å². The minimum absolute atomic E-state index is 0.156. The van der Waals surface area contributed by atoms with Gasteiger partial charge < -0.3 is 4.74 Å². The Balaban J connectivity index is 3.03. The molecule has 0 N–H and O–H groups in total. The van der Waals surface area contributed by atoms with E-state index in [0.717, 1.165) is 25.7 Å². The molecule has 0 spiro atoms. The van der Waals surface area contributed by atoms with E-state index >= 15 is 0 Å². The van der Waals surface area contributed by atoms with E-state index in [4.69, 9.17) is 4.74 Å². The molecule has 2 nitrogen and oxygen atoms in total.